The van der Waals surface area contributed by atoms with Gasteiger partial charge in [-0.05, 0) is 18.2 Å². The normalized spacial score (nSPS) is 11.4. The Kier molecular flexibility index (Phi) is 3.50. The van der Waals surface area contributed by atoms with Crippen molar-refractivity contribution in [1.82, 2.24) is 9.97 Å². The first-order chi connectivity index (χ1) is 8.47. The van der Waals surface area contributed by atoms with Crippen molar-refractivity contribution in [1.29, 1.82) is 0 Å². The third-order valence-electron chi connectivity index (χ3n) is 2.07. The van der Waals surface area contributed by atoms with E-state index in [-0.39, 0.29) is 4.90 Å². The van der Waals surface area contributed by atoms with Crippen molar-refractivity contribution in [2.75, 3.05) is 5.73 Å². The predicted molar refractivity (Wildman–Crippen MR) is 68.4 cm³/mol. The fourth-order valence-corrected chi connectivity index (χ4v) is 2.67. The first-order valence-electron chi connectivity index (χ1n) is 4.83. The average molecular weight is 282 g/mol. The molecule has 0 aliphatic carbocycles. The van der Waals surface area contributed by atoms with E-state index in [9.17, 15) is 8.42 Å². The predicted octanol–water partition coefficient (Wildman–Crippen LogP) is 0.857. The van der Waals surface area contributed by atoms with E-state index in [4.69, 9.17) is 10.9 Å². The number of nitrogens with zero attached hydrogens (tertiary/aromatic N) is 2. The summed E-state index contributed by atoms with van der Waals surface area (Å²) >= 11 is 1.23. The van der Waals surface area contributed by atoms with E-state index >= 15 is 0 Å². The summed E-state index contributed by atoms with van der Waals surface area (Å²) in [5.41, 5.74) is 6.23. The van der Waals surface area contributed by atoms with Crippen LogP contribution < -0.4 is 10.9 Å². The zero-order valence-electron chi connectivity index (χ0n) is 9.15. The zero-order chi connectivity index (χ0) is 13.2. The molecule has 0 atom stereocenters. The molecule has 0 saturated carbocycles. The number of rotatable bonds is 3. The molecule has 1 aromatic heterocycles. The maximum atomic E-state index is 11.2. The minimum absolute atomic E-state index is 0.0168. The molecule has 0 radical (unpaired) electrons. The van der Waals surface area contributed by atoms with E-state index < -0.39 is 10.0 Å². The second kappa shape index (κ2) is 4.92. The third kappa shape index (κ3) is 2.97. The SMILES string of the molecule is Nc1ccc(S(N)(=O)=O)cc1Sc1cnccn1. The van der Waals surface area contributed by atoms with E-state index in [0.717, 1.165) is 0 Å². The van der Waals surface area contributed by atoms with E-state index in [2.05, 4.69) is 9.97 Å². The van der Waals surface area contributed by atoms with Gasteiger partial charge in [0.15, 0.2) is 0 Å². The second-order valence-corrected chi connectivity index (χ2v) is 6.01. The fraction of sp³-hybridized carbons (Fsp3) is 0. The van der Waals surface area contributed by atoms with Gasteiger partial charge in [0.2, 0.25) is 10.0 Å². The summed E-state index contributed by atoms with van der Waals surface area (Å²) in [4.78, 5) is 8.57. The van der Waals surface area contributed by atoms with Crippen molar-refractivity contribution >= 4 is 27.5 Å². The third-order valence-corrected chi connectivity index (χ3v) is 3.97. The molecule has 0 unspecified atom stereocenters. The highest BCUT2D eigenvalue weighted by Gasteiger charge is 2.11. The Morgan fingerprint density at radius 3 is 2.61 bits per heavy atom. The van der Waals surface area contributed by atoms with Crippen molar-refractivity contribution in [3.05, 3.63) is 36.8 Å². The maximum Gasteiger partial charge on any atom is 0.238 e. The van der Waals surface area contributed by atoms with Crippen LogP contribution in [-0.4, -0.2) is 18.4 Å². The number of aromatic nitrogens is 2. The van der Waals surface area contributed by atoms with Gasteiger partial charge in [-0.1, -0.05) is 11.8 Å². The molecule has 0 bridgehead atoms. The van der Waals surface area contributed by atoms with Gasteiger partial charge in [-0.15, -0.1) is 0 Å². The summed E-state index contributed by atoms with van der Waals surface area (Å²) in [6.07, 6.45) is 4.66. The Morgan fingerprint density at radius 2 is 2.00 bits per heavy atom. The highest BCUT2D eigenvalue weighted by Crippen LogP contribution is 2.31. The summed E-state index contributed by atoms with van der Waals surface area (Å²) in [6, 6.07) is 4.29. The number of nitrogens with two attached hydrogens (primary N) is 2. The van der Waals surface area contributed by atoms with E-state index in [0.29, 0.717) is 15.6 Å². The number of sulfonamides is 1. The highest BCUT2D eigenvalue weighted by atomic mass is 32.2. The topological polar surface area (TPSA) is 112 Å². The molecule has 1 heterocycles. The molecule has 8 heteroatoms. The number of benzene rings is 1. The van der Waals surface area contributed by atoms with Gasteiger partial charge in [0.05, 0.1) is 11.1 Å². The Labute approximate surface area is 108 Å². The van der Waals surface area contributed by atoms with Gasteiger partial charge in [0.1, 0.15) is 5.03 Å². The average Bonchev–Trinajstić information content (AvgIpc) is 2.32. The van der Waals surface area contributed by atoms with Crippen molar-refractivity contribution in [2.45, 2.75) is 14.8 Å². The zero-order valence-corrected chi connectivity index (χ0v) is 10.8. The maximum absolute atomic E-state index is 11.2. The fourth-order valence-electron chi connectivity index (χ4n) is 1.23. The van der Waals surface area contributed by atoms with Gasteiger partial charge < -0.3 is 5.73 Å². The number of primary sulfonamides is 1. The monoisotopic (exact) mass is 282 g/mol. The number of nitrogen functional groups attached to an aromatic ring is 1. The molecular formula is C10H10N4O2S2. The van der Waals surface area contributed by atoms with E-state index in [1.54, 1.807) is 18.6 Å². The van der Waals surface area contributed by atoms with Gasteiger partial charge >= 0.3 is 0 Å². The molecule has 2 rings (SSSR count). The molecule has 18 heavy (non-hydrogen) atoms. The van der Waals surface area contributed by atoms with Crippen LogP contribution in [0.15, 0.2) is 51.6 Å². The van der Waals surface area contributed by atoms with Crippen LogP contribution in [0.5, 0.6) is 0 Å². The Morgan fingerprint density at radius 1 is 1.22 bits per heavy atom. The molecule has 94 valence electrons. The van der Waals surface area contributed by atoms with Gasteiger partial charge in [0.25, 0.3) is 0 Å². The van der Waals surface area contributed by atoms with Crippen molar-refractivity contribution in [3.63, 3.8) is 0 Å². The minimum atomic E-state index is -3.74. The van der Waals surface area contributed by atoms with Crippen molar-refractivity contribution in [2.24, 2.45) is 5.14 Å². The van der Waals surface area contributed by atoms with Gasteiger partial charge in [-0.3, -0.25) is 4.98 Å². The molecule has 2 aromatic rings. The molecule has 0 fully saturated rings. The quantitative estimate of drug-likeness (QED) is 0.807. The smallest absolute Gasteiger partial charge is 0.238 e. The first-order valence-corrected chi connectivity index (χ1v) is 7.19. The number of anilines is 1. The number of hydrogen-bond acceptors (Lipinski definition) is 6. The van der Waals surface area contributed by atoms with E-state index in [1.807, 2.05) is 0 Å². The lowest BCUT2D eigenvalue weighted by Gasteiger charge is -2.06. The van der Waals surface area contributed by atoms with Crippen LogP contribution in [0.3, 0.4) is 0 Å². The summed E-state index contributed by atoms with van der Waals surface area (Å²) in [5, 5.41) is 5.68. The Balaban J connectivity index is 2.39. The largest absolute Gasteiger partial charge is 0.398 e. The molecule has 0 amide bonds. The van der Waals surface area contributed by atoms with Gasteiger partial charge in [0, 0.05) is 23.0 Å². The standard InChI is InChI=1S/C10H10N4O2S2/c11-8-2-1-7(18(12,15)16)5-9(8)17-10-6-13-3-4-14-10/h1-6H,11H2,(H2,12,15,16). The molecule has 1 aromatic carbocycles. The lowest BCUT2D eigenvalue weighted by molar-refractivity contribution is 0.597. The Bertz CT molecular complexity index is 659. The van der Waals surface area contributed by atoms with Crippen LogP contribution in [0.4, 0.5) is 5.69 Å². The number of hydrogen-bond donors (Lipinski definition) is 2. The van der Waals surface area contributed by atoms with Crippen LogP contribution in [0.25, 0.3) is 0 Å². The molecule has 4 N–H and O–H groups in total. The molecule has 0 aliphatic rings. The summed E-state index contributed by atoms with van der Waals surface area (Å²) in [6.45, 7) is 0. The second-order valence-electron chi connectivity index (χ2n) is 3.39. The van der Waals surface area contributed by atoms with Crippen molar-refractivity contribution < 1.29 is 8.42 Å². The van der Waals surface area contributed by atoms with Crippen molar-refractivity contribution in [3.8, 4) is 0 Å². The van der Waals surface area contributed by atoms with Gasteiger partial charge in [-0.25, -0.2) is 18.5 Å². The highest BCUT2D eigenvalue weighted by molar-refractivity contribution is 7.99. The first kappa shape index (κ1) is 12.8. The summed E-state index contributed by atoms with van der Waals surface area (Å²) < 4.78 is 22.5. The Hall–Kier alpha value is -1.64. The van der Waals surface area contributed by atoms with Crippen LogP contribution in [0.2, 0.25) is 0 Å². The lowest BCUT2D eigenvalue weighted by atomic mass is 10.3. The van der Waals surface area contributed by atoms with Crippen LogP contribution in [0, 0.1) is 0 Å². The molecule has 6 nitrogen and oxygen atoms in total. The molecule has 0 aliphatic heterocycles. The molecule has 0 saturated heterocycles. The van der Waals surface area contributed by atoms with Crippen LogP contribution in [0.1, 0.15) is 0 Å². The molecular weight excluding hydrogens is 272 g/mol. The minimum Gasteiger partial charge on any atom is -0.398 e. The lowest BCUT2D eigenvalue weighted by Crippen LogP contribution is -2.12. The summed E-state index contributed by atoms with van der Waals surface area (Å²) in [7, 11) is -3.74. The molecule has 0 spiro atoms. The van der Waals surface area contributed by atoms with Crippen LogP contribution >= 0.6 is 11.8 Å². The summed E-state index contributed by atoms with van der Waals surface area (Å²) in [5.74, 6) is 0. The van der Waals surface area contributed by atoms with E-state index in [1.165, 1.54) is 30.0 Å². The van der Waals surface area contributed by atoms with Gasteiger partial charge in [-0.2, -0.15) is 0 Å². The van der Waals surface area contributed by atoms with Crippen LogP contribution in [-0.2, 0) is 10.0 Å².